The summed E-state index contributed by atoms with van der Waals surface area (Å²) >= 11 is 0. The highest BCUT2D eigenvalue weighted by Crippen LogP contribution is 2.39. The molecule has 2 aliphatic rings. The van der Waals surface area contributed by atoms with Gasteiger partial charge in [0.05, 0.1) is 12.2 Å². The number of hydrogen-bond acceptors (Lipinski definition) is 1. The van der Waals surface area contributed by atoms with Crippen molar-refractivity contribution in [2.24, 2.45) is 5.92 Å². The van der Waals surface area contributed by atoms with Crippen molar-refractivity contribution < 1.29 is 4.74 Å². The molecule has 0 N–H and O–H groups in total. The Bertz CT molecular complexity index is 185. The molecule has 2 unspecified atom stereocenters. The molecule has 1 fully saturated rings. The van der Waals surface area contributed by atoms with Crippen molar-refractivity contribution in [3.8, 4) is 0 Å². The fourth-order valence-corrected chi connectivity index (χ4v) is 2.80. The molecule has 0 aromatic heterocycles. The third-order valence-corrected chi connectivity index (χ3v) is 3.47. The maximum absolute atomic E-state index is 6.02. The molecule has 1 nitrogen and oxygen atoms in total. The molecule has 0 bridgehead atoms. The van der Waals surface area contributed by atoms with Gasteiger partial charge in [0.15, 0.2) is 0 Å². The zero-order valence-electron chi connectivity index (χ0n) is 8.59. The van der Waals surface area contributed by atoms with Crippen LogP contribution in [0.2, 0.25) is 0 Å². The van der Waals surface area contributed by atoms with Gasteiger partial charge in [0.2, 0.25) is 0 Å². The maximum atomic E-state index is 6.02. The van der Waals surface area contributed by atoms with Crippen molar-refractivity contribution in [1.82, 2.24) is 0 Å². The van der Waals surface area contributed by atoms with Crippen LogP contribution in [0.25, 0.3) is 0 Å². The molecule has 0 saturated heterocycles. The number of allylic oxidation sites excluding steroid dienone is 1. The molecule has 1 aliphatic carbocycles. The minimum absolute atomic E-state index is 0.251. The smallest absolute Gasteiger partial charge is 0.0692 e. The summed E-state index contributed by atoms with van der Waals surface area (Å²) < 4.78 is 6.02. The van der Waals surface area contributed by atoms with Gasteiger partial charge in [0.1, 0.15) is 0 Å². The molecule has 1 saturated carbocycles. The molecule has 0 radical (unpaired) electrons. The Kier molecular flexibility index (Phi) is 2.73. The van der Waals surface area contributed by atoms with E-state index < -0.39 is 0 Å². The summed E-state index contributed by atoms with van der Waals surface area (Å²) in [7, 11) is 0. The molecule has 2 rings (SSSR count). The maximum Gasteiger partial charge on any atom is 0.0692 e. The summed E-state index contributed by atoms with van der Waals surface area (Å²) in [4.78, 5) is 0. The van der Waals surface area contributed by atoms with Crippen LogP contribution in [-0.4, -0.2) is 12.2 Å². The summed E-state index contributed by atoms with van der Waals surface area (Å²) in [5, 5.41) is 0. The van der Waals surface area contributed by atoms with E-state index in [1.54, 1.807) is 0 Å². The van der Waals surface area contributed by atoms with Crippen LogP contribution in [0.1, 0.15) is 45.4 Å². The molecular formula is C12H20O. The summed E-state index contributed by atoms with van der Waals surface area (Å²) in [5.41, 5.74) is 0.251. The minimum atomic E-state index is 0.251. The Morgan fingerprint density at radius 1 is 1.31 bits per heavy atom. The minimum Gasteiger partial charge on any atom is -0.371 e. The van der Waals surface area contributed by atoms with Crippen LogP contribution >= 0.6 is 0 Å². The first-order valence-electron chi connectivity index (χ1n) is 5.60. The van der Waals surface area contributed by atoms with Crippen molar-refractivity contribution in [1.29, 1.82) is 0 Å². The highest BCUT2D eigenvalue weighted by atomic mass is 16.5. The van der Waals surface area contributed by atoms with Crippen LogP contribution in [0, 0.1) is 5.92 Å². The Morgan fingerprint density at radius 3 is 3.08 bits per heavy atom. The molecule has 0 aromatic rings. The van der Waals surface area contributed by atoms with E-state index in [2.05, 4.69) is 19.1 Å². The van der Waals surface area contributed by atoms with E-state index in [-0.39, 0.29) is 5.60 Å². The van der Waals surface area contributed by atoms with Crippen molar-refractivity contribution in [2.45, 2.75) is 51.0 Å². The van der Waals surface area contributed by atoms with Crippen LogP contribution in [0.4, 0.5) is 0 Å². The summed E-state index contributed by atoms with van der Waals surface area (Å²) in [6.45, 7) is 3.20. The lowest BCUT2D eigenvalue weighted by Crippen LogP contribution is -2.37. The molecule has 1 aliphatic heterocycles. The Labute approximate surface area is 81.2 Å². The van der Waals surface area contributed by atoms with Crippen molar-refractivity contribution in [3.63, 3.8) is 0 Å². The first-order valence-corrected chi connectivity index (χ1v) is 5.60. The van der Waals surface area contributed by atoms with E-state index in [9.17, 15) is 0 Å². The van der Waals surface area contributed by atoms with Crippen molar-refractivity contribution >= 4 is 0 Å². The summed E-state index contributed by atoms with van der Waals surface area (Å²) in [5.74, 6) is 0.867. The predicted octanol–water partition coefficient (Wildman–Crippen LogP) is 3.30. The second-order valence-electron chi connectivity index (χ2n) is 4.71. The number of ether oxygens (including phenoxy) is 1. The normalized spacial score (nSPS) is 40.5. The predicted molar refractivity (Wildman–Crippen MR) is 54.7 cm³/mol. The molecule has 1 heterocycles. The van der Waals surface area contributed by atoms with Crippen LogP contribution in [0.5, 0.6) is 0 Å². The van der Waals surface area contributed by atoms with Gasteiger partial charge in [-0.05, 0) is 31.6 Å². The molecule has 0 amide bonds. The first kappa shape index (κ1) is 9.26. The quantitative estimate of drug-likeness (QED) is 0.520. The van der Waals surface area contributed by atoms with E-state index in [1.165, 1.54) is 38.5 Å². The Balaban J connectivity index is 2.01. The third kappa shape index (κ3) is 2.14. The monoisotopic (exact) mass is 180 g/mol. The van der Waals surface area contributed by atoms with Gasteiger partial charge in [-0.3, -0.25) is 0 Å². The fourth-order valence-electron chi connectivity index (χ4n) is 2.80. The topological polar surface area (TPSA) is 9.23 Å². The van der Waals surface area contributed by atoms with Gasteiger partial charge in [-0.25, -0.2) is 0 Å². The lowest BCUT2D eigenvalue weighted by Gasteiger charge is -2.39. The first-order chi connectivity index (χ1) is 6.31. The molecule has 2 atom stereocenters. The number of hydrogen-bond donors (Lipinski definition) is 0. The van der Waals surface area contributed by atoms with E-state index in [0.717, 1.165) is 12.5 Å². The van der Waals surface area contributed by atoms with Crippen LogP contribution in [0.15, 0.2) is 12.2 Å². The molecule has 0 aromatic carbocycles. The van der Waals surface area contributed by atoms with Crippen LogP contribution < -0.4 is 0 Å². The second kappa shape index (κ2) is 3.83. The van der Waals surface area contributed by atoms with Crippen LogP contribution in [-0.2, 0) is 4.74 Å². The molecular weight excluding hydrogens is 160 g/mol. The summed E-state index contributed by atoms with van der Waals surface area (Å²) in [6.07, 6.45) is 12.2. The van der Waals surface area contributed by atoms with Crippen molar-refractivity contribution in [3.05, 3.63) is 12.2 Å². The Morgan fingerprint density at radius 2 is 2.23 bits per heavy atom. The van der Waals surface area contributed by atoms with E-state index in [4.69, 9.17) is 4.74 Å². The summed E-state index contributed by atoms with van der Waals surface area (Å²) in [6, 6.07) is 0. The average Bonchev–Trinajstić information content (AvgIpc) is 2.31. The van der Waals surface area contributed by atoms with Gasteiger partial charge in [-0.1, -0.05) is 31.9 Å². The van der Waals surface area contributed by atoms with Crippen molar-refractivity contribution in [2.75, 3.05) is 6.61 Å². The zero-order valence-corrected chi connectivity index (χ0v) is 8.59. The van der Waals surface area contributed by atoms with Crippen LogP contribution in [0.3, 0.4) is 0 Å². The highest BCUT2D eigenvalue weighted by molar-refractivity contribution is 4.95. The standard InChI is InChI=1S/C12H20O/c1-11-6-5-8-12(10-11)7-3-2-4-9-13-12/h2,4,11H,3,5-10H2,1H3. The molecule has 13 heavy (non-hydrogen) atoms. The molecule has 1 spiro atoms. The molecule has 1 heteroatoms. The lowest BCUT2D eigenvalue weighted by molar-refractivity contribution is -0.0714. The average molecular weight is 180 g/mol. The fraction of sp³-hybridized carbons (Fsp3) is 0.833. The van der Waals surface area contributed by atoms with Gasteiger partial charge in [-0.2, -0.15) is 0 Å². The lowest BCUT2D eigenvalue weighted by atomic mass is 9.76. The van der Waals surface area contributed by atoms with Gasteiger partial charge in [0.25, 0.3) is 0 Å². The highest BCUT2D eigenvalue weighted by Gasteiger charge is 2.35. The third-order valence-electron chi connectivity index (χ3n) is 3.47. The SMILES string of the molecule is CC1CCCC2(CCC=CCO2)C1. The van der Waals surface area contributed by atoms with E-state index in [0.29, 0.717) is 0 Å². The van der Waals surface area contributed by atoms with Gasteiger partial charge >= 0.3 is 0 Å². The second-order valence-corrected chi connectivity index (χ2v) is 4.71. The largest absolute Gasteiger partial charge is 0.371 e. The number of rotatable bonds is 0. The van der Waals surface area contributed by atoms with Gasteiger partial charge in [0, 0.05) is 0 Å². The zero-order chi connectivity index (χ0) is 9.15. The van der Waals surface area contributed by atoms with Gasteiger partial charge in [-0.15, -0.1) is 0 Å². The van der Waals surface area contributed by atoms with Gasteiger partial charge < -0.3 is 4.74 Å². The molecule has 74 valence electrons. The van der Waals surface area contributed by atoms with E-state index in [1.807, 2.05) is 0 Å². The van der Waals surface area contributed by atoms with E-state index >= 15 is 0 Å². The Hall–Kier alpha value is -0.300.